The van der Waals surface area contributed by atoms with Gasteiger partial charge < -0.3 is 20.1 Å². The number of ether oxygens (including phenoxy) is 1. The number of hydrogen-bond donors (Lipinski definition) is 2. The van der Waals surface area contributed by atoms with Gasteiger partial charge in [0, 0.05) is 4.75 Å². The van der Waals surface area contributed by atoms with Crippen LogP contribution < -0.4 is 10.1 Å². The Balaban J connectivity index is 1.53. The van der Waals surface area contributed by atoms with Crippen molar-refractivity contribution in [3.05, 3.63) is 52.2 Å². The van der Waals surface area contributed by atoms with E-state index in [-0.39, 0.29) is 0 Å². The number of rotatable bonds is 6. The molecule has 2 N–H and O–H groups in total. The molecule has 0 radical (unpaired) electrons. The minimum Gasteiger partial charge on any atom is -0.480 e. The number of hydrogen-bond acceptors (Lipinski definition) is 7. The van der Waals surface area contributed by atoms with Gasteiger partial charge in [0.1, 0.15) is 23.2 Å². The second-order valence-corrected chi connectivity index (χ2v) is 10.8. The standard InChI is InChI=1S/C22H22N2O6S2/c1-11-6-4-5-7-13(11)30-21(29)14(12-8-9-31-10-12)17(25)23-15-18(26)24-16(20(27)28)22(2,3)32-19(15)24/h4-10,14-16,19H,1-3H3,(H,23,25)(H,27,28)/t14?,15-,16-,19+/m0/s1. The van der Waals surface area contributed by atoms with Gasteiger partial charge in [0.25, 0.3) is 0 Å². The zero-order chi connectivity index (χ0) is 23.2. The first-order valence-corrected chi connectivity index (χ1v) is 11.8. The van der Waals surface area contributed by atoms with Gasteiger partial charge in [-0.2, -0.15) is 11.3 Å². The van der Waals surface area contributed by atoms with Crippen LogP contribution in [0.1, 0.15) is 30.9 Å². The molecular weight excluding hydrogens is 452 g/mol. The minimum absolute atomic E-state index is 0.355. The highest BCUT2D eigenvalue weighted by Crippen LogP contribution is 2.50. The van der Waals surface area contributed by atoms with Crippen molar-refractivity contribution in [1.29, 1.82) is 0 Å². The molecule has 2 fully saturated rings. The molecule has 4 atom stereocenters. The number of thioether (sulfide) groups is 1. The number of carbonyl (C=O) groups excluding carboxylic acids is 3. The van der Waals surface area contributed by atoms with Crippen molar-refractivity contribution in [3.63, 3.8) is 0 Å². The number of benzene rings is 1. The normalized spacial score (nSPS) is 24.3. The van der Waals surface area contributed by atoms with Crippen LogP contribution in [0.2, 0.25) is 0 Å². The lowest BCUT2D eigenvalue weighted by molar-refractivity contribution is -0.161. The Kier molecular flexibility index (Phi) is 5.76. The summed E-state index contributed by atoms with van der Waals surface area (Å²) >= 11 is 2.66. The molecule has 2 saturated heterocycles. The van der Waals surface area contributed by atoms with Gasteiger partial charge in [0.2, 0.25) is 11.8 Å². The summed E-state index contributed by atoms with van der Waals surface area (Å²) in [4.78, 5) is 51.9. The summed E-state index contributed by atoms with van der Waals surface area (Å²) in [5, 5.41) is 15.1. The van der Waals surface area contributed by atoms with Crippen molar-refractivity contribution in [2.75, 3.05) is 0 Å². The van der Waals surface area contributed by atoms with E-state index in [4.69, 9.17) is 4.74 Å². The van der Waals surface area contributed by atoms with Crippen molar-refractivity contribution in [1.82, 2.24) is 10.2 Å². The number of fused-ring (bicyclic) bond motifs is 1. The summed E-state index contributed by atoms with van der Waals surface area (Å²) in [6.07, 6.45) is 0. The largest absolute Gasteiger partial charge is 0.480 e. The molecule has 0 spiro atoms. The number of carboxylic acid groups (broad SMARTS) is 1. The van der Waals surface area contributed by atoms with Gasteiger partial charge in [-0.3, -0.25) is 14.4 Å². The molecule has 1 unspecified atom stereocenters. The first-order chi connectivity index (χ1) is 15.1. The van der Waals surface area contributed by atoms with Crippen LogP contribution in [0.25, 0.3) is 0 Å². The molecule has 2 aromatic rings. The van der Waals surface area contributed by atoms with Gasteiger partial charge in [-0.25, -0.2) is 4.79 Å². The summed E-state index contributed by atoms with van der Waals surface area (Å²) in [6, 6.07) is 6.77. The molecule has 3 heterocycles. The molecule has 32 heavy (non-hydrogen) atoms. The molecule has 4 rings (SSSR count). The van der Waals surface area contributed by atoms with E-state index in [0.29, 0.717) is 11.3 Å². The zero-order valence-corrected chi connectivity index (χ0v) is 19.2. The summed E-state index contributed by atoms with van der Waals surface area (Å²) in [7, 11) is 0. The Hall–Kier alpha value is -2.85. The van der Waals surface area contributed by atoms with Gasteiger partial charge in [-0.05, 0) is 54.8 Å². The molecule has 1 aromatic carbocycles. The quantitative estimate of drug-likeness (QED) is 0.286. The molecule has 0 aliphatic carbocycles. The molecule has 168 valence electrons. The molecule has 2 aliphatic heterocycles. The number of nitrogens with zero attached hydrogens (tertiary/aromatic N) is 1. The second-order valence-electron chi connectivity index (χ2n) is 8.26. The van der Waals surface area contributed by atoms with Crippen LogP contribution in [0.5, 0.6) is 5.75 Å². The van der Waals surface area contributed by atoms with Crippen molar-refractivity contribution in [2.45, 2.75) is 48.9 Å². The van der Waals surface area contributed by atoms with Crippen LogP contribution in [0, 0.1) is 6.92 Å². The highest BCUT2D eigenvalue weighted by atomic mass is 32.2. The number of aliphatic carboxylic acids is 1. The van der Waals surface area contributed by atoms with Crippen LogP contribution in [0.3, 0.4) is 0 Å². The van der Waals surface area contributed by atoms with Crippen molar-refractivity contribution in [2.24, 2.45) is 0 Å². The lowest BCUT2D eigenvalue weighted by atomic mass is 9.95. The van der Waals surface area contributed by atoms with Crippen molar-refractivity contribution >= 4 is 46.9 Å². The van der Waals surface area contributed by atoms with Crippen molar-refractivity contribution < 1.29 is 29.0 Å². The smallest absolute Gasteiger partial charge is 0.328 e. The van der Waals surface area contributed by atoms with E-state index in [1.807, 2.05) is 6.07 Å². The van der Waals surface area contributed by atoms with Crippen LogP contribution >= 0.6 is 23.1 Å². The maximum atomic E-state index is 13.2. The predicted octanol–water partition coefficient (Wildman–Crippen LogP) is 2.38. The van der Waals surface area contributed by atoms with Gasteiger partial charge in [-0.15, -0.1) is 11.8 Å². The summed E-state index contributed by atoms with van der Waals surface area (Å²) in [5.41, 5.74) is 1.22. The average Bonchev–Trinajstić information content (AvgIpc) is 3.32. The molecular formula is C22H22N2O6S2. The third-order valence-corrected chi connectivity index (χ3v) is 7.92. The SMILES string of the molecule is Cc1ccccc1OC(=O)C(C(=O)N[C@H]1C(=O)N2[C@@H]1SC(C)(C)[C@@H]2C(=O)O)c1ccsc1. The summed E-state index contributed by atoms with van der Waals surface area (Å²) in [6.45, 7) is 5.31. The lowest BCUT2D eigenvalue weighted by Gasteiger charge is -2.43. The Morgan fingerprint density at radius 1 is 1.22 bits per heavy atom. The fourth-order valence-corrected chi connectivity index (χ4v) is 6.37. The van der Waals surface area contributed by atoms with E-state index < -0.39 is 51.9 Å². The lowest BCUT2D eigenvalue weighted by Crippen LogP contribution is -2.71. The number of carbonyl (C=O) groups is 4. The van der Waals surface area contributed by atoms with Gasteiger partial charge >= 0.3 is 11.9 Å². The third-order valence-electron chi connectivity index (χ3n) is 5.65. The van der Waals surface area contributed by atoms with Crippen LogP contribution in [0.4, 0.5) is 0 Å². The van der Waals surface area contributed by atoms with E-state index in [1.165, 1.54) is 28.0 Å². The number of esters is 1. The van der Waals surface area contributed by atoms with E-state index >= 15 is 0 Å². The number of para-hydroxylation sites is 1. The molecule has 2 aliphatic rings. The summed E-state index contributed by atoms with van der Waals surface area (Å²) < 4.78 is 4.80. The minimum atomic E-state index is -1.25. The predicted molar refractivity (Wildman–Crippen MR) is 120 cm³/mol. The fraction of sp³-hybridized carbons (Fsp3) is 0.364. The maximum absolute atomic E-state index is 13.2. The number of aryl methyl sites for hydroxylation is 1. The monoisotopic (exact) mass is 474 g/mol. The zero-order valence-electron chi connectivity index (χ0n) is 17.6. The fourth-order valence-electron chi connectivity index (χ4n) is 4.05. The number of nitrogens with one attached hydrogen (secondary N) is 1. The topological polar surface area (TPSA) is 113 Å². The Bertz CT molecular complexity index is 1080. The van der Waals surface area contributed by atoms with Crippen LogP contribution in [0.15, 0.2) is 41.1 Å². The number of β-lactam (4-membered cyclic amide) rings is 1. The third kappa shape index (κ3) is 3.77. The first kappa shape index (κ1) is 22.3. The van der Waals surface area contributed by atoms with Crippen LogP contribution in [-0.2, 0) is 19.2 Å². The van der Waals surface area contributed by atoms with E-state index in [1.54, 1.807) is 55.8 Å². The van der Waals surface area contributed by atoms with Gasteiger partial charge in [0.05, 0.1) is 0 Å². The van der Waals surface area contributed by atoms with Gasteiger partial charge in [0.15, 0.2) is 5.92 Å². The Morgan fingerprint density at radius 2 is 1.94 bits per heavy atom. The number of carboxylic acids is 1. The molecule has 1 aromatic heterocycles. The highest BCUT2D eigenvalue weighted by Gasteiger charge is 2.64. The Labute approximate surface area is 192 Å². The van der Waals surface area contributed by atoms with E-state index in [0.717, 1.165) is 5.56 Å². The molecule has 0 bridgehead atoms. The molecule has 0 saturated carbocycles. The van der Waals surface area contributed by atoms with Crippen molar-refractivity contribution in [3.8, 4) is 5.75 Å². The highest BCUT2D eigenvalue weighted by molar-refractivity contribution is 8.01. The number of amides is 2. The number of thiophene rings is 1. The first-order valence-electron chi connectivity index (χ1n) is 9.94. The van der Waals surface area contributed by atoms with E-state index in [2.05, 4.69) is 5.32 Å². The summed E-state index contributed by atoms with van der Waals surface area (Å²) in [5.74, 6) is -3.85. The van der Waals surface area contributed by atoms with Gasteiger partial charge in [-0.1, -0.05) is 18.2 Å². The maximum Gasteiger partial charge on any atom is 0.328 e. The second kappa shape index (κ2) is 8.25. The average molecular weight is 475 g/mol. The molecule has 8 nitrogen and oxygen atoms in total. The molecule has 2 amide bonds. The Morgan fingerprint density at radius 3 is 2.56 bits per heavy atom. The molecule has 10 heteroatoms. The van der Waals surface area contributed by atoms with Crippen LogP contribution in [-0.4, -0.2) is 56.0 Å². The van der Waals surface area contributed by atoms with E-state index in [9.17, 15) is 24.3 Å².